The van der Waals surface area contributed by atoms with E-state index < -0.39 is 0 Å². The molecule has 0 aromatic heterocycles. The summed E-state index contributed by atoms with van der Waals surface area (Å²) in [7, 11) is 1.60. The number of nitrogens with one attached hydrogen (secondary N) is 2. The Bertz CT molecular complexity index is 659. The average molecular weight is 319 g/mol. The molecule has 0 spiro atoms. The molecule has 0 fully saturated rings. The van der Waals surface area contributed by atoms with Gasteiger partial charge in [0.1, 0.15) is 5.75 Å². The van der Waals surface area contributed by atoms with Gasteiger partial charge in [-0.05, 0) is 36.8 Å². The standard InChI is InChI=1S/C17H19ClN2O2/c1-12-5-3-4-6-14(12)20-17(21)9-10-19-15-11-13(18)7-8-16(15)22-2/h3-8,11,19H,9-10H2,1-2H3,(H,20,21). The molecule has 0 bridgehead atoms. The third-order valence-corrected chi connectivity index (χ3v) is 3.48. The van der Waals surface area contributed by atoms with Crippen molar-refractivity contribution in [2.45, 2.75) is 13.3 Å². The smallest absolute Gasteiger partial charge is 0.226 e. The van der Waals surface area contributed by atoms with Crippen molar-refractivity contribution in [3.8, 4) is 5.75 Å². The van der Waals surface area contributed by atoms with Gasteiger partial charge in [0.2, 0.25) is 5.91 Å². The monoisotopic (exact) mass is 318 g/mol. The van der Waals surface area contributed by atoms with Crippen LogP contribution in [0, 0.1) is 6.92 Å². The van der Waals surface area contributed by atoms with Gasteiger partial charge in [-0.1, -0.05) is 29.8 Å². The molecule has 0 radical (unpaired) electrons. The molecule has 1 amide bonds. The number of halogens is 1. The molecule has 0 saturated heterocycles. The molecule has 0 atom stereocenters. The van der Waals surface area contributed by atoms with Gasteiger partial charge in [0.25, 0.3) is 0 Å². The Balaban J connectivity index is 1.87. The van der Waals surface area contributed by atoms with Crippen molar-refractivity contribution in [3.05, 3.63) is 53.1 Å². The number of aryl methyl sites for hydroxylation is 1. The van der Waals surface area contributed by atoms with Gasteiger partial charge in [-0.25, -0.2) is 0 Å². The number of ether oxygens (including phenoxy) is 1. The van der Waals surface area contributed by atoms with E-state index in [-0.39, 0.29) is 5.91 Å². The largest absolute Gasteiger partial charge is 0.495 e. The van der Waals surface area contributed by atoms with Gasteiger partial charge in [0.05, 0.1) is 12.8 Å². The zero-order valence-electron chi connectivity index (χ0n) is 12.7. The Morgan fingerprint density at radius 2 is 1.95 bits per heavy atom. The van der Waals surface area contributed by atoms with Crippen LogP contribution in [0.25, 0.3) is 0 Å². The molecule has 0 aliphatic rings. The summed E-state index contributed by atoms with van der Waals surface area (Å²) in [6.07, 6.45) is 0.351. The van der Waals surface area contributed by atoms with Crippen molar-refractivity contribution < 1.29 is 9.53 Å². The highest BCUT2D eigenvalue weighted by Gasteiger charge is 2.06. The summed E-state index contributed by atoms with van der Waals surface area (Å²) in [6, 6.07) is 13.0. The SMILES string of the molecule is COc1ccc(Cl)cc1NCCC(=O)Nc1ccccc1C. The predicted octanol–water partition coefficient (Wildman–Crippen LogP) is 4.10. The number of para-hydroxylation sites is 1. The fourth-order valence-electron chi connectivity index (χ4n) is 2.05. The molecular weight excluding hydrogens is 300 g/mol. The second kappa shape index (κ2) is 7.71. The molecule has 4 nitrogen and oxygen atoms in total. The van der Waals surface area contributed by atoms with E-state index in [9.17, 15) is 4.79 Å². The highest BCUT2D eigenvalue weighted by molar-refractivity contribution is 6.30. The molecule has 2 rings (SSSR count). The van der Waals surface area contributed by atoms with E-state index in [0.717, 1.165) is 16.9 Å². The van der Waals surface area contributed by atoms with Crippen LogP contribution in [-0.2, 0) is 4.79 Å². The van der Waals surface area contributed by atoms with Gasteiger partial charge in [0.15, 0.2) is 0 Å². The van der Waals surface area contributed by atoms with E-state index in [0.29, 0.717) is 23.7 Å². The lowest BCUT2D eigenvalue weighted by Gasteiger charge is -2.12. The second-order valence-electron chi connectivity index (χ2n) is 4.88. The number of carbonyl (C=O) groups is 1. The molecule has 0 saturated carbocycles. The third-order valence-electron chi connectivity index (χ3n) is 3.25. The van der Waals surface area contributed by atoms with Crippen molar-refractivity contribution in [2.75, 3.05) is 24.3 Å². The van der Waals surface area contributed by atoms with Gasteiger partial charge in [-0.15, -0.1) is 0 Å². The van der Waals surface area contributed by atoms with Crippen LogP contribution in [0.2, 0.25) is 5.02 Å². The van der Waals surface area contributed by atoms with Crippen LogP contribution in [0.15, 0.2) is 42.5 Å². The summed E-state index contributed by atoms with van der Waals surface area (Å²) in [4.78, 5) is 12.0. The van der Waals surface area contributed by atoms with Crippen molar-refractivity contribution in [3.63, 3.8) is 0 Å². The number of hydrogen-bond donors (Lipinski definition) is 2. The Morgan fingerprint density at radius 3 is 2.68 bits per heavy atom. The Morgan fingerprint density at radius 1 is 1.18 bits per heavy atom. The van der Waals surface area contributed by atoms with Gasteiger partial charge in [0, 0.05) is 23.7 Å². The summed E-state index contributed by atoms with van der Waals surface area (Å²) in [6.45, 7) is 2.46. The summed E-state index contributed by atoms with van der Waals surface area (Å²) >= 11 is 5.97. The van der Waals surface area contributed by atoms with Crippen molar-refractivity contribution >= 4 is 28.9 Å². The number of rotatable bonds is 6. The van der Waals surface area contributed by atoms with Crippen LogP contribution >= 0.6 is 11.6 Å². The minimum absolute atomic E-state index is 0.0391. The maximum absolute atomic E-state index is 12.0. The van der Waals surface area contributed by atoms with Crippen LogP contribution < -0.4 is 15.4 Å². The molecule has 5 heteroatoms. The van der Waals surface area contributed by atoms with E-state index >= 15 is 0 Å². The van der Waals surface area contributed by atoms with Crippen LogP contribution in [0.4, 0.5) is 11.4 Å². The molecule has 0 aliphatic heterocycles. The predicted molar refractivity (Wildman–Crippen MR) is 90.9 cm³/mol. The summed E-state index contributed by atoms with van der Waals surface area (Å²) < 4.78 is 5.25. The summed E-state index contributed by atoms with van der Waals surface area (Å²) in [5.74, 6) is 0.659. The van der Waals surface area contributed by atoms with Crippen molar-refractivity contribution in [2.24, 2.45) is 0 Å². The van der Waals surface area contributed by atoms with Crippen LogP contribution in [0.5, 0.6) is 5.75 Å². The number of benzene rings is 2. The minimum Gasteiger partial charge on any atom is -0.495 e. The maximum atomic E-state index is 12.0. The molecule has 116 valence electrons. The molecule has 0 aliphatic carbocycles. The summed E-state index contributed by atoms with van der Waals surface area (Å²) in [5.41, 5.74) is 2.66. The van der Waals surface area contributed by atoms with Crippen LogP contribution in [-0.4, -0.2) is 19.6 Å². The minimum atomic E-state index is -0.0391. The van der Waals surface area contributed by atoms with Gasteiger partial charge < -0.3 is 15.4 Å². The van der Waals surface area contributed by atoms with Crippen molar-refractivity contribution in [1.29, 1.82) is 0 Å². The van der Waals surface area contributed by atoms with Gasteiger partial charge >= 0.3 is 0 Å². The Labute approximate surface area is 135 Å². The molecular formula is C17H19ClN2O2. The second-order valence-corrected chi connectivity index (χ2v) is 5.32. The number of hydrogen-bond acceptors (Lipinski definition) is 3. The molecule has 0 unspecified atom stereocenters. The number of methoxy groups -OCH3 is 1. The number of anilines is 2. The first-order valence-corrected chi connectivity index (χ1v) is 7.41. The van der Waals surface area contributed by atoms with Crippen LogP contribution in [0.3, 0.4) is 0 Å². The third kappa shape index (κ3) is 4.40. The first-order chi connectivity index (χ1) is 10.6. The lowest BCUT2D eigenvalue weighted by atomic mass is 10.2. The average Bonchev–Trinajstić information content (AvgIpc) is 2.50. The maximum Gasteiger partial charge on any atom is 0.226 e. The topological polar surface area (TPSA) is 50.4 Å². The fourth-order valence-corrected chi connectivity index (χ4v) is 2.23. The summed E-state index contributed by atoms with van der Waals surface area (Å²) in [5, 5.41) is 6.68. The fraction of sp³-hybridized carbons (Fsp3) is 0.235. The molecule has 0 heterocycles. The molecule has 22 heavy (non-hydrogen) atoms. The van der Waals surface area contributed by atoms with Crippen molar-refractivity contribution in [1.82, 2.24) is 0 Å². The van der Waals surface area contributed by atoms with Gasteiger partial charge in [-0.3, -0.25) is 4.79 Å². The normalized spacial score (nSPS) is 10.1. The van der Waals surface area contributed by atoms with Gasteiger partial charge in [-0.2, -0.15) is 0 Å². The Hall–Kier alpha value is -2.20. The lowest BCUT2D eigenvalue weighted by molar-refractivity contribution is -0.115. The highest BCUT2D eigenvalue weighted by atomic mass is 35.5. The van der Waals surface area contributed by atoms with E-state index in [1.54, 1.807) is 25.3 Å². The first-order valence-electron chi connectivity index (χ1n) is 7.03. The Kier molecular flexibility index (Phi) is 5.67. The van der Waals surface area contributed by atoms with E-state index in [4.69, 9.17) is 16.3 Å². The highest BCUT2D eigenvalue weighted by Crippen LogP contribution is 2.27. The molecule has 2 aromatic carbocycles. The van der Waals surface area contributed by atoms with E-state index in [1.165, 1.54) is 0 Å². The number of carbonyl (C=O) groups excluding carboxylic acids is 1. The van der Waals surface area contributed by atoms with Crippen LogP contribution in [0.1, 0.15) is 12.0 Å². The quantitative estimate of drug-likeness (QED) is 0.843. The molecule has 2 aromatic rings. The molecule has 2 N–H and O–H groups in total. The zero-order valence-corrected chi connectivity index (χ0v) is 13.4. The number of amides is 1. The van der Waals surface area contributed by atoms with E-state index in [2.05, 4.69) is 10.6 Å². The zero-order chi connectivity index (χ0) is 15.9. The lowest BCUT2D eigenvalue weighted by Crippen LogP contribution is -2.17. The van der Waals surface area contributed by atoms with E-state index in [1.807, 2.05) is 31.2 Å². The first kappa shape index (κ1) is 16.2.